The summed E-state index contributed by atoms with van der Waals surface area (Å²) in [4.78, 5) is 17.3. The molecule has 1 aliphatic rings. The van der Waals surface area contributed by atoms with Crippen molar-refractivity contribution in [3.63, 3.8) is 0 Å². The Bertz CT molecular complexity index is 1290. The number of carbonyl (C=O) groups excluding carboxylic acids is 1. The van der Waals surface area contributed by atoms with E-state index in [9.17, 15) is 22.4 Å². The van der Waals surface area contributed by atoms with Crippen LogP contribution in [0.15, 0.2) is 47.5 Å². The van der Waals surface area contributed by atoms with E-state index in [1.807, 2.05) is 0 Å². The molecule has 178 valence electrons. The number of carbonyl (C=O) groups is 1. The van der Waals surface area contributed by atoms with Crippen LogP contribution in [0.3, 0.4) is 0 Å². The molecule has 0 aliphatic carbocycles. The van der Waals surface area contributed by atoms with Gasteiger partial charge < -0.3 is 11.1 Å². The Morgan fingerprint density at radius 2 is 2.00 bits per heavy atom. The lowest BCUT2D eigenvalue weighted by Gasteiger charge is -2.30. The maximum Gasteiger partial charge on any atom is 0.416 e. The van der Waals surface area contributed by atoms with Gasteiger partial charge in [-0.15, -0.1) is 5.10 Å². The lowest BCUT2D eigenvalue weighted by Crippen LogP contribution is -2.29. The molecule has 2 aromatic carbocycles. The molecular formula is C22H20F4N6OS. The zero-order chi connectivity index (χ0) is 24.7. The normalized spacial score (nSPS) is 18.5. The van der Waals surface area contributed by atoms with Gasteiger partial charge in [0, 0.05) is 17.0 Å². The number of amidine groups is 1. The quantitative estimate of drug-likeness (QED) is 0.517. The standard InChI is InChI=1S/C22H20F4N6OS/c1-12-18(30-31-32(12)15-5-3-4-13(10-15)22(24,25)26)19(33)28-14-6-7-17(23)16(11-14)21(2)8-9-34-20(27)29-21/h3-7,10-11H,8-9H2,1-2H3,(H2,27,29)(H,28,33). The van der Waals surface area contributed by atoms with E-state index in [0.29, 0.717) is 23.0 Å². The molecular weight excluding hydrogens is 472 g/mol. The molecule has 0 saturated heterocycles. The lowest BCUT2D eigenvalue weighted by atomic mass is 9.89. The minimum absolute atomic E-state index is 0.0779. The molecule has 0 spiro atoms. The molecule has 7 nitrogen and oxygen atoms in total. The van der Waals surface area contributed by atoms with Crippen molar-refractivity contribution in [1.29, 1.82) is 0 Å². The minimum atomic E-state index is -4.52. The molecule has 3 N–H and O–H groups in total. The number of hydrogen-bond acceptors (Lipinski definition) is 6. The number of aliphatic imine (C=N–C) groups is 1. The molecule has 1 aliphatic heterocycles. The Labute approximate surface area is 196 Å². The van der Waals surface area contributed by atoms with Crippen LogP contribution in [0, 0.1) is 12.7 Å². The van der Waals surface area contributed by atoms with Gasteiger partial charge in [-0.2, -0.15) is 13.2 Å². The number of nitrogens with two attached hydrogens (primary N) is 1. The van der Waals surface area contributed by atoms with Crippen molar-refractivity contribution < 1.29 is 22.4 Å². The second kappa shape index (κ2) is 8.75. The highest BCUT2D eigenvalue weighted by Crippen LogP contribution is 2.37. The summed E-state index contributed by atoms with van der Waals surface area (Å²) in [6, 6.07) is 8.67. The van der Waals surface area contributed by atoms with Crippen LogP contribution in [0.2, 0.25) is 0 Å². The van der Waals surface area contributed by atoms with Gasteiger partial charge in [0.05, 0.1) is 22.5 Å². The molecule has 0 fully saturated rings. The van der Waals surface area contributed by atoms with E-state index >= 15 is 0 Å². The number of nitrogens with zero attached hydrogens (tertiary/aromatic N) is 4. The molecule has 4 rings (SSSR count). The van der Waals surface area contributed by atoms with Crippen molar-refractivity contribution >= 4 is 28.5 Å². The number of nitrogens with one attached hydrogen (secondary N) is 1. The Hall–Kier alpha value is -3.41. The first-order chi connectivity index (χ1) is 16.0. The predicted octanol–water partition coefficient (Wildman–Crippen LogP) is 4.65. The van der Waals surface area contributed by atoms with Gasteiger partial charge in [0.15, 0.2) is 10.9 Å². The highest BCUT2D eigenvalue weighted by atomic mass is 32.2. The van der Waals surface area contributed by atoms with E-state index in [1.54, 1.807) is 6.92 Å². The summed E-state index contributed by atoms with van der Waals surface area (Å²) in [5, 5.41) is 10.7. The van der Waals surface area contributed by atoms with Gasteiger partial charge in [-0.3, -0.25) is 9.79 Å². The highest BCUT2D eigenvalue weighted by Gasteiger charge is 2.33. The zero-order valence-corrected chi connectivity index (χ0v) is 19.0. The van der Waals surface area contributed by atoms with Gasteiger partial charge in [0.1, 0.15) is 5.82 Å². The number of alkyl halides is 3. The molecule has 1 unspecified atom stereocenters. The number of rotatable bonds is 4. The largest absolute Gasteiger partial charge is 0.416 e. The molecule has 3 aromatic rings. The fourth-order valence-corrected chi connectivity index (χ4v) is 4.66. The number of aromatic nitrogens is 3. The molecule has 1 amide bonds. The summed E-state index contributed by atoms with van der Waals surface area (Å²) in [7, 11) is 0. The Kier molecular flexibility index (Phi) is 6.11. The van der Waals surface area contributed by atoms with Gasteiger partial charge in [0.25, 0.3) is 5.91 Å². The predicted molar refractivity (Wildman–Crippen MR) is 122 cm³/mol. The number of benzene rings is 2. The van der Waals surface area contributed by atoms with E-state index in [1.165, 1.54) is 49.0 Å². The summed E-state index contributed by atoms with van der Waals surface area (Å²) < 4.78 is 54.9. The number of amides is 1. The number of thioether (sulfide) groups is 1. The second-order valence-corrected chi connectivity index (χ2v) is 9.07. The monoisotopic (exact) mass is 492 g/mol. The van der Waals surface area contributed by atoms with Gasteiger partial charge in [-0.05, 0) is 56.7 Å². The molecule has 0 radical (unpaired) electrons. The second-order valence-electron chi connectivity index (χ2n) is 7.95. The van der Waals surface area contributed by atoms with E-state index < -0.39 is 29.0 Å². The van der Waals surface area contributed by atoms with Crippen LogP contribution in [0.1, 0.15) is 40.7 Å². The zero-order valence-electron chi connectivity index (χ0n) is 18.2. The Balaban J connectivity index is 1.61. The smallest absolute Gasteiger partial charge is 0.379 e. The first-order valence-corrected chi connectivity index (χ1v) is 11.2. The average molecular weight is 493 g/mol. The van der Waals surface area contributed by atoms with Gasteiger partial charge in [-0.25, -0.2) is 9.07 Å². The summed E-state index contributed by atoms with van der Waals surface area (Å²) in [6.45, 7) is 3.29. The minimum Gasteiger partial charge on any atom is -0.379 e. The van der Waals surface area contributed by atoms with Gasteiger partial charge >= 0.3 is 6.18 Å². The first kappa shape index (κ1) is 23.7. The first-order valence-electron chi connectivity index (χ1n) is 10.2. The van der Waals surface area contributed by atoms with Crippen molar-refractivity contribution in [2.24, 2.45) is 10.7 Å². The van der Waals surface area contributed by atoms with Crippen LogP contribution in [0.5, 0.6) is 0 Å². The molecule has 1 aromatic heterocycles. The summed E-state index contributed by atoms with van der Waals surface area (Å²) in [6.07, 6.45) is -3.95. The van der Waals surface area contributed by atoms with Crippen LogP contribution >= 0.6 is 11.8 Å². The van der Waals surface area contributed by atoms with Gasteiger partial charge in [-0.1, -0.05) is 23.0 Å². The SMILES string of the molecule is Cc1c(C(=O)Nc2ccc(F)c(C3(C)CCSC(N)=N3)c2)nnn1-c1cccc(C(F)(F)F)c1. The lowest BCUT2D eigenvalue weighted by molar-refractivity contribution is -0.137. The molecule has 12 heteroatoms. The number of hydrogen-bond donors (Lipinski definition) is 2. The molecule has 34 heavy (non-hydrogen) atoms. The van der Waals surface area contributed by atoms with Gasteiger partial charge in [0.2, 0.25) is 0 Å². The van der Waals surface area contributed by atoms with Crippen LogP contribution < -0.4 is 11.1 Å². The molecule has 0 bridgehead atoms. The maximum atomic E-state index is 14.6. The fraction of sp³-hybridized carbons (Fsp3) is 0.273. The van der Waals surface area contributed by atoms with Crippen LogP contribution in [-0.4, -0.2) is 31.8 Å². The highest BCUT2D eigenvalue weighted by molar-refractivity contribution is 8.13. The number of anilines is 1. The molecule has 2 heterocycles. The summed E-state index contributed by atoms with van der Waals surface area (Å²) in [5.41, 5.74) is 4.99. The Morgan fingerprint density at radius 1 is 1.24 bits per heavy atom. The van der Waals surface area contributed by atoms with Crippen molar-refractivity contribution in [3.05, 3.63) is 70.8 Å². The van der Waals surface area contributed by atoms with Crippen LogP contribution in [0.4, 0.5) is 23.2 Å². The summed E-state index contributed by atoms with van der Waals surface area (Å²) in [5.74, 6) is -0.434. The summed E-state index contributed by atoms with van der Waals surface area (Å²) >= 11 is 1.39. The van der Waals surface area contributed by atoms with E-state index in [4.69, 9.17) is 5.73 Å². The van der Waals surface area contributed by atoms with E-state index in [2.05, 4.69) is 20.6 Å². The Morgan fingerprint density at radius 3 is 2.71 bits per heavy atom. The maximum absolute atomic E-state index is 14.6. The van der Waals surface area contributed by atoms with Crippen LogP contribution in [0.25, 0.3) is 5.69 Å². The van der Waals surface area contributed by atoms with E-state index in [-0.39, 0.29) is 22.6 Å². The third kappa shape index (κ3) is 4.63. The average Bonchev–Trinajstić information content (AvgIpc) is 3.16. The van der Waals surface area contributed by atoms with E-state index in [0.717, 1.165) is 16.8 Å². The number of halogens is 4. The fourth-order valence-electron chi connectivity index (χ4n) is 3.68. The van der Waals surface area contributed by atoms with Crippen molar-refractivity contribution in [1.82, 2.24) is 15.0 Å². The van der Waals surface area contributed by atoms with Crippen molar-refractivity contribution in [2.75, 3.05) is 11.1 Å². The topological polar surface area (TPSA) is 98.2 Å². The third-order valence-electron chi connectivity index (χ3n) is 5.53. The van der Waals surface area contributed by atoms with Crippen LogP contribution in [-0.2, 0) is 11.7 Å². The van der Waals surface area contributed by atoms with Crippen molar-refractivity contribution in [2.45, 2.75) is 32.0 Å². The molecule has 1 atom stereocenters. The molecule has 0 saturated carbocycles. The third-order valence-corrected chi connectivity index (χ3v) is 6.32. The van der Waals surface area contributed by atoms with Crippen molar-refractivity contribution in [3.8, 4) is 5.69 Å².